The summed E-state index contributed by atoms with van der Waals surface area (Å²) in [7, 11) is 3.17. The summed E-state index contributed by atoms with van der Waals surface area (Å²) in [5, 5.41) is 12.6. The molecule has 0 aliphatic carbocycles. The number of aromatic nitrogens is 2. The van der Waals surface area contributed by atoms with E-state index in [4.69, 9.17) is 18.9 Å². The van der Waals surface area contributed by atoms with Crippen LogP contribution in [-0.2, 0) is 13.5 Å². The zero-order valence-electron chi connectivity index (χ0n) is 24.7. The number of rotatable bonds is 10. The van der Waals surface area contributed by atoms with Gasteiger partial charge >= 0.3 is 0 Å². The Bertz CT molecular complexity index is 1430. The summed E-state index contributed by atoms with van der Waals surface area (Å²) < 4.78 is 19.7. The molecule has 0 spiro atoms. The fourth-order valence-electron chi connectivity index (χ4n) is 4.11. The van der Waals surface area contributed by atoms with Crippen molar-refractivity contribution >= 4 is 20.1 Å². The van der Waals surface area contributed by atoms with E-state index < -0.39 is 14.4 Å². The molecule has 1 atom stereocenters. The van der Waals surface area contributed by atoms with Crippen LogP contribution >= 0.6 is 11.8 Å². The molecule has 3 aromatic carbocycles. The SMILES string of the molecule is COc1ccc(Cc2c(C(O)c3ccc(OC)c(O[Si](C)(C)C(C)(C)C)c3)nc(Sc3ccccc3)n2C)cc1. The quantitative estimate of drug-likeness (QED) is 0.196. The number of ether oxygens (including phenoxy) is 2. The lowest BCUT2D eigenvalue weighted by molar-refractivity contribution is 0.214. The first-order chi connectivity index (χ1) is 18.9. The molecule has 4 aromatic rings. The molecular formula is C32H40N2O4SSi. The molecule has 0 aliphatic rings. The van der Waals surface area contributed by atoms with Gasteiger partial charge in [-0.1, -0.05) is 68.9 Å². The number of nitrogens with zero attached hydrogens (tertiary/aromatic N) is 2. The summed E-state index contributed by atoms with van der Waals surface area (Å²) in [6.07, 6.45) is -0.337. The number of aliphatic hydroxyl groups excluding tert-OH is 1. The topological polar surface area (TPSA) is 65.7 Å². The molecule has 40 heavy (non-hydrogen) atoms. The van der Waals surface area contributed by atoms with Crippen molar-refractivity contribution in [2.75, 3.05) is 14.2 Å². The minimum absolute atomic E-state index is 0.0166. The molecule has 1 unspecified atom stereocenters. The van der Waals surface area contributed by atoms with Crippen molar-refractivity contribution in [2.24, 2.45) is 7.05 Å². The van der Waals surface area contributed by atoms with Gasteiger partial charge in [0.15, 0.2) is 10.9 Å². The predicted octanol–water partition coefficient (Wildman–Crippen LogP) is 7.65. The second kappa shape index (κ2) is 12.1. The van der Waals surface area contributed by atoms with Crippen LogP contribution in [0, 0.1) is 0 Å². The van der Waals surface area contributed by atoms with E-state index in [2.05, 4.69) is 50.6 Å². The summed E-state index contributed by atoms with van der Waals surface area (Å²) in [6.45, 7) is 11.0. The van der Waals surface area contributed by atoms with Gasteiger partial charge in [0.25, 0.3) is 8.32 Å². The third-order valence-corrected chi connectivity index (χ3v) is 13.0. The standard InChI is InChI=1S/C32H40N2O4SSi/c1-32(2,3)40(7,8)38-28-21-23(16-19-27(28)37-6)30(35)29-26(20-22-14-17-24(36-5)18-15-22)34(4)31(33-29)39-25-12-10-9-11-13-25/h9-19,21,30,35H,20H2,1-8H3. The van der Waals surface area contributed by atoms with Gasteiger partial charge in [-0.3, -0.25) is 0 Å². The Labute approximate surface area is 243 Å². The average molecular weight is 577 g/mol. The molecule has 6 nitrogen and oxygen atoms in total. The summed E-state index contributed by atoms with van der Waals surface area (Å²) in [5.41, 5.74) is 3.38. The molecule has 0 amide bonds. The van der Waals surface area contributed by atoms with E-state index in [1.165, 1.54) is 0 Å². The Morgan fingerprint density at radius 3 is 2.20 bits per heavy atom. The van der Waals surface area contributed by atoms with E-state index >= 15 is 0 Å². The van der Waals surface area contributed by atoms with E-state index in [-0.39, 0.29) is 5.04 Å². The Balaban J connectivity index is 1.75. The molecule has 1 N–H and O–H groups in total. The van der Waals surface area contributed by atoms with Gasteiger partial charge in [-0.2, -0.15) is 0 Å². The maximum atomic E-state index is 11.8. The monoisotopic (exact) mass is 576 g/mol. The molecule has 1 aromatic heterocycles. The van der Waals surface area contributed by atoms with Gasteiger partial charge in [0.2, 0.25) is 0 Å². The van der Waals surface area contributed by atoms with Crippen LogP contribution in [0.5, 0.6) is 17.2 Å². The Morgan fingerprint density at radius 1 is 0.925 bits per heavy atom. The Hall–Kier alpha value is -3.20. The highest BCUT2D eigenvalue weighted by atomic mass is 32.2. The van der Waals surface area contributed by atoms with Crippen molar-refractivity contribution in [1.82, 2.24) is 9.55 Å². The van der Waals surface area contributed by atoms with E-state index in [9.17, 15) is 5.11 Å². The molecule has 0 saturated heterocycles. The maximum Gasteiger partial charge on any atom is 0.250 e. The van der Waals surface area contributed by atoms with Crippen LogP contribution < -0.4 is 13.9 Å². The molecule has 0 radical (unpaired) electrons. The largest absolute Gasteiger partial charge is 0.541 e. The minimum Gasteiger partial charge on any atom is -0.541 e. The Morgan fingerprint density at radius 2 is 1.60 bits per heavy atom. The van der Waals surface area contributed by atoms with E-state index in [0.717, 1.165) is 27.1 Å². The summed E-state index contributed by atoms with van der Waals surface area (Å²) >= 11 is 1.58. The predicted molar refractivity (Wildman–Crippen MR) is 164 cm³/mol. The van der Waals surface area contributed by atoms with Gasteiger partial charge < -0.3 is 23.6 Å². The number of hydrogen-bond acceptors (Lipinski definition) is 6. The maximum absolute atomic E-state index is 11.8. The van der Waals surface area contributed by atoms with Crippen molar-refractivity contribution in [3.8, 4) is 17.2 Å². The van der Waals surface area contributed by atoms with Gasteiger partial charge in [-0.05, 0) is 65.7 Å². The highest BCUT2D eigenvalue weighted by molar-refractivity contribution is 7.99. The highest BCUT2D eigenvalue weighted by Gasteiger charge is 2.39. The fourth-order valence-corrected chi connectivity index (χ4v) is 6.02. The smallest absolute Gasteiger partial charge is 0.250 e. The lowest BCUT2D eigenvalue weighted by Gasteiger charge is -2.37. The third kappa shape index (κ3) is 6.57. The van der Waals surface area contributed by atoms with Crippen LogP contribution in [0.25, 0.3) is 0 Å². The second-order valence-electron chi connectivity index (χ2n) is 11.4. The van der Waals surface area contributed by atoms with Crippen molar-refractivity contribution in [2.45, 2.75) is 61.5 Å². The average Bonchev–Trinajstić information content (AvgIpc) is 3.22. The number of hydrogen-bond donors (Lipinski definition) is 1. The highest BCUT2D eigenvalue weighted by Crippen LogP contribution is 2.42. The second-order valence-corrected chi connectivity index (χ2v) is 17.2. The first kappa shape index (κ1) is 29.8. The van der Waals surface area contributed by atoms with Gasteiger partial charge in [0.05, 0.1) is 19.9 Å². The lowest BCUT2D eigenvalue weighted by atomic mass is 10.0. The lowest BCUT2D eigenvalue weighted by Crippen LogP contribution is -2.44. The summed E-state index contributed by atoms with van der Waals surface area (Å²) in [5.74, 6) is 2.11. The van der Waals surface area contributed by atoms with E-state index in [0.29, 0.717) is 29.2 Å². The van der Waals surface area contributed by atoms with Crippen LogP contribution in [0.15, 0.2) is 82.8 Å². The first-order valence-electron chi connectivity index (χ1n) is 13.4. The summed E-state index contributed by atoms with van der Waals surface area (Å²) in [4.78, 5) is 6.07. The zero-order valence-corrected chi connectivity index (χ0v) is 26.5. The molecule has 4 rings (SSSR count). The van der Waals surface area contributed by atoms with Gasteiger partial charge in [-0.25, -0.2) is 4.98 Å². The number of benzene rings is 3. The van der Waals surface area contributed by atoms with Crippen molar-refractivity contribution in [1.29, 1.82) is 0 Å². The van der Waals surface area contributed by atoms with Crippen LogP contribution in [-0.4, -0.2) is 37.2 Å². The van der Waals surface area contributed by atoms with Crippen molar-refractivity contribution in [3.63, 3.8) is 0 Å². The molecule has 0 aliphatic heterocycles. The van der Waals surface area contributed by atoms with Crippen LogP contribution in [0.4, 0.5) is 0 Å². The van der Waals surface area contributed by atoms with Crippen molar-refractivity contribution < 1.29 is 19.0 Å². The van der Waals surface area contributed by atoms with Crippen LogP contribution in [0.1, 0.15) is 49.4 Å². The normalized spacial score (nSPS) is 12.7. The molecule has 1 heterocycles. The molecular weight excluding hydrogens is 537 g/mol. The number of imidazole rings is 1. The van der Waals surface area contributed by atoms with E-state index in [1.54, 1.807) is 26.0 Å². The van der Waals surface area contributed by atoms with Crippen LogP contribution in [0.3, 0.4) is 0 Å². The Kier molecular flexibility index (Phi) is 9.02. The number of aliphatic hydroxyl groups is 1. The van der Waals surface area contributed by atoms with Crippen LogP contribution in [0.2, 0.25) is 18.1 Å². The van der Waals surface area contributed by atoms with Gasteiger partial charge in [0.1, 0.15) is 17.6 Å². The van der Waals surface area contributed by atoms with Gasteiger partial charge in [-0.15, -0.1) is 0 Å². The number of methoxy groups -OCH3 is 2. The van der Waals surface area contributed by atoms with Gasteiger partial charge in [0, 0.05) is 24.1 Å². The molecule has 0 saturated carbocycles. The fraction of sp³-hybridized carbons (Fsp3) is 0.344. The summed E-state index contributed by atoms with van der Waals surface area (Å²) in [6, 6.07) is 23.8. The first-order valence-corrected chi connectivity index (χ1v) is 17.1. The van der Waals surface area contributed by atoms with E-state index in [1.807, 2.05) is 67.7 Å². The molecule has 0 bridgehead atoms. The zero-order chi connectivity index (χ0) is 29.1. The van der Waals surface area contributed by atoms with Crippen molar-refractivity contribution in [3.05, 3.63) is 95.3 Å². The molecule has 0 fully saturated rings. The minimum atomic E-state index is -2.14. The molecule has 212 valence electrons. The molecule has 8 heteroatoms. The third-order valence-electron chi connectivity index (χ3n) is 7.62.